The van der Waals surface area contributed by atoms with Crippen LogP contribution in [0.5, 0.6) is 5.75 Å². The predicted octanol–water partition coefficient (Wildman–Crippen LogP) is 3.64. The molecule has 2 N–H and O–H groups in total. The molecule has 148 valence electrons. The SMILES string of the molecule is CN=C(NCc1ccc(OCCOC)cc1)NCc1ccc(F)c(C)c1.I. The third kappa shape index (κ3) is 8.13. The molecule has 27 heavy (non-hydrogen) atoms. The number of benzene rings is 2. The first-order valence-electron chi connectivity index (χ1n) is 8.52. The summed E-state index contributed by atoms with van der Waals surface area (Å²) in [6.07, 6.45) is 0. The highest BCUT2D eigenvalue weighted by molar-refractivity contribution is 14.0. The Balaban J connectivity index is 0.00000364. The van der Waals surface area contributed by atoms with E-state index in [2.05, 4.69) is 15.6 Å². The highest BCUT2D eigenvalue weighted by atomic mass is 127. The molecule has 0 unspecified atom stereocenters. The van der Waals surface area contributed by atoms with Gasteiger partial charge in [0.15, 0.2) is 5.96 Å². The first-order chi connectivity index (χ1) is 12.6. The van der Waals surface area contributed by atoms with E-state index in [9.17, 15) is 4.39 Å². The van der Waals surface area contributed by atoms with Gasteiger partial charge in [0, 0.05) is 27.2 Å². The van der Waals surface area contributed by atoms with Gasteiger partial charge < -0.3 is 20.1 Å². The lowest BCUT2D eigenvalue weighted by molar-refractivity contribution is 0.146. The number of rotatable bonds is 8. The molecular formula is C20H27FIN3O2. The standard InChI is InChI=1S/C20H26FN3O2.HI/c1-15-12-17(6-9-19(15)21)14-24-20(22-2)23-13-16-4-7-18(8-5-16)26-11-10-25-3;/h4-9,12H,10-11,13-14H2,1-3H3,(H2,22,23,24);1H. The Bertz CT molecular complexity index is 724. The molecule has 0 bridgehead atoms. The lowest BCUT2D eigenvalue weighted by Crippen LogP contribution is -2.36. The molecule has 5 nitrogen and oxygen atoms in total. The second-order valence-electron chi connectivity index (χ2n) is 5.85. The highest BCUT2D eigenvalue weighted by Gasteiger charge is 2.02. The van der Waals surface area contributed by atoms with Crippen molar-refractivity contribution in [2.75, 3.05) is 27.4 Å². The van der Waals surface area contributed by atoms with Crippen LogP contribution in [0.2, 0.25) is 0 Å². The van der Waals surface area contributed by atoms with Crippen molar-refractivity contribution < 1.29 is 13.9 Å². The van der Waals surface area contributed by atoms with Crippen molar-refractivity contribution in [1.82, 2.24) is 10.6 Å². The van der Waals surface area contributed by atoms with Crippen LogP contribution in [-0.2, 0) is 17.8 Å². The summed E-state index contributed by atoms with van der Waals surface area (Å²) < 4.78 is 23.8. The minimum Gasteiger partial charge on any atom is -0.491 e. The number of guanidine groups is 1. The van der Waals surface area contributed by atoms with Crippen molar-refractivity contribution in [2.24, 2.45) is 4.99 Å². The largest absolute Gasteiger partial charge is 0.491 e. The molecule has 0 spiro atoms. The number of nitrogens with one attached hydrogen (secondary N) is 2. The van der Waals surface area contributed by atoms with Gasteiger partial charge >= 0.3 is 0 Å². The zero-order chi connectivity index (χ0) is 18.8. The van der Waals surface area contributed by atoms with Gasteiger partial charge in [0.05, 0.1) is 6.61 Å². The maximum absolute atomic E-state index is 13.3. The second kappa shape index (κ2) is 12.5. The number of ether oxygens (including phenoxy) is 2. The molecule has 0 aliphatic heterocycles. The van der Waals surface area contributed by atoms with Crippen molar-refractivity contribution in [2.45, 2.75) is 20.0 Å². The quantitative estimate of drug-likeness (QED) is 0.259. The van der Waals surface area contributed by atoms with Crippen molar-refractivity contribution >= 4 is 29.9 Å². The van der Waals surface area contributed by atoms with Gasteiger partial charge in [-0.15, -0.1) is 24.0 Å². The van der Waals surface area contributed by atoms with E-state index in [0.29, 0.717) is 37.8 Å². The van der Waals surface area contributed by atoms with Crippen molar-refractivity contribution in [1.29, 1.82) is 0 Å². The molecule has 2 aromatic rings. The summed E-state index contributed by atoms with van der Waals surface area (Å²) in [5.74, 6) is 1.32. The average molecular weight is 487 g/mol. The topological polar surface area (TPSA) is 54.9 Å². The molecule has 0 aliphatic rings. The lowest BCUT2D eigenvalue weighted by Gasteiger charge is -2.13. The highest BCUT2D eigenvalue weighted by Crippen LogP contribution is 2.12. The van der Waals surface area contributed by atoms with E-state index in [1.807, 2.05) is 30.3 Å². The summed E-state index contributed by atoms with van der Waals surface area (Å²) in [5, 5.41) is 6.48. The molecule has 0 amide bonds. The van der Waals surface area contributed by atoms with Crippen LogP contribution in [0.15, 0.2) is 47.5 Å². The molecule has 0 atom stereocenters. The van der Waals surface area contributed by atoms with Gasteiger partial charge in [-0.3, -0.25) is 4.99 Å². The number of methoxy groups -OCH3 is 1. The smallest absolute Gasteiger partial charge is 0.191 e. The number of aliphatic imine (C=N–C) groups is 1. The van der Waals surface area contributed by atoms with E-state index in [-0.39, 0.29) is 29.8 Å². The molecule has 0 radical (unpaired) electrons. The summed E-state index contributed by atoms with van der Waals surface area (Å²) >= 11 is 0. The Morgan fingerprint density at radius 2 is 1.63 bits per heavy atom. The van der Waals surface area contributed by atoms with Crippen LogP contribution in [0.4, 0.5) is 4.39 Å². The van der Waals surface area contributed by atoms with Gasteiger partial charge in [-0.05, 0) is 41.8 Å². The normalized spacial score (nSPS) is 10.9. The number of halogens is 2. The van der Waals surface area contributed by atoms with Crippen molar-refractivity contribution in [3.8, 4) is 5.75 Å². The molecule has 0 aromatic heterocycles. The van der Waals surface area contributed by atoms with Crippen LogP contribution in [0.1, 0.15) is 16.7 Å². The first-order valence-corrected chi connectivity index (χ1v) is 8.52. The Morgan fingerprint density at radius 1 is 1.00 bits per heavy atom. The molecule has 0 saturated heterocycles. The van der Waals surface area contributed by atoms with Crippen LogP contribution in [-0.4, -0.2) is 33.3 Å². The fraction of sp³-hybridized carbons (Fsp3) is 0.350. The fourth-order valence-corrected chi connectivity index (χ4v) is 2.36. The average Bonchev–Trinajstić information content (AvgIpc) is 2.66. The summed E-state index contributed by atoms with van der Waals surface area (Å²) in [6.45, 7) is 4.08. The third-order valence-electron chi connectivity index (χ3n) is 3.85. The van der Waals surface area contributed by atoms with Gasteiger partial charge in [0.1, 0.15) is 18.2 Å². The van der Waals surface area contributed by atoms with Gasteiger partial charge in [-0.2, -0.15) is 0 Å². The molecule has 0 aliphatic carbocycles. The van der Waals surface area contributed by atoms with Gasteiger partial charge in [-0.25, -0.2) is 4.39 Å². The van der Waals surface area contributed by atoms with E-state index in [1.54, 1.807) is 27.1 Å². The van der Waals surface area contributed by atoms with Gasteiger partial charge in [-0.1, -0.05) is 24.3 Å². The molecule has 0 fully saturated rings. The Morgan fingerprint density at radius 3 is 2.22 bits per heavy atom. The van der Waals surface area contributed by atoms with Crippen LogP contribution >= 0.6 is 24.0 Å². The Labute approximate surface area is 177 Å². The lowest BCUT2D eigenvalue weighted by atomic mass is 10.1. The molecule has 7 heteroatoms. The number of nitrogens with zero attached hydrogens (tertiary/aromatic N) is 1. The van der Waals surface area contributed by atoms with Crippen LogP contribution < -0.4 is 15.4 Å². The minimum atomic E-state index is -0.189. The molecule has 2 rings (SSSR count). The van der Waals surface area contributed by atoms with Crippen LogP contribution in [0, 0.1) is 12.7 Å². The summed E-state index contributed by atoms with van der Waals surface area (Å²) in [7, 11) is 3.37. The molecule has 0 saturated carbocycles. The molecule has 2 aromatic carbocycles. The zero-order valence-electron chi connectivity index (χ0n) is 15.9. The summed E-state index contributed by atoms with van der Waals surface area (Å²) in [6, 6.07) is 13.0. The van der Waals surface area contributed by atoms with Crippen LogP contribution in [0.3, 0.4) is 0 Å². The third-order valence-corrected chi connectivity index (χ3v) is 3.85. The number of hydrogen-bond donors (Lipinski definition) is 2. The van der Waals surface area contributed by atoms with Crippen molar-refractivity contribution in [3.63, 3.8) is 0 Å². The minimum absolute atomic E-state index is 0. The van der Waals surface area contributed by atoms with E-state index in [1.165, 1.54) is 6.07 Å². The summed E-state index contributed by atoms with van der Waals surface area (Å²) in [4.78, 5) is 4.21. The second-order valence-corrected chi connectivity index (χ2v) is 5.85. The van der Waals surface area contributed by atoms with E-state index >= 15 is 0 Å². The monoisotopic (exact) mass is 487 g/mol. The maximum atomic E-state index is 13.3. The van der Waals surface area contributed by atoms with E-state index in [0.717, 1.165) is 16.9 Å². The van der Waals surface area contributed by atoms with Gasteiger partial charge in [0.2, 0.25) is 0 Å². The Hall–Kier alpha value is -1.87. The van der Waals surface area contributed by atoms with E-state index in [4.69, 9.17) is 9.47 Å². The van der Waals surface area contributed by atoms with Crippen molar-refractivity contribution in [3.05, 3.63) is 65.0 Å². The predicted molar refractivity (Wildman–Crippen MR) is 117 cm³/mol. The number of hydrogen-bond acceptors (Lipinski definition) is 3. The molecular weight excluding hydrogens is 460 g/mol. The first kappa shape index (κ1) is 23.2. The van der Waals surface area contributed by atoms with Crippen LogP contribution in [0.25, 0.3) is 0 Å². The zero-order valence-corrected chi connectivity index (χ0v) is 18.3. The molecule has 0 heterocycles. The fourth-order valence-electron chi connectivity index (χ4n) is 2.36. The van der Waals surface area contributed by atoms with Gasteiger partial charge in [0.25, 0.3) is 0 Å². The van der Waals surface area contributed by atoms with E-state index < -0.39 is 0 Å². The number of aryl methyl sites for hydroxylation is 1. The Kier molecular flexibility index (Phi) is 10.7. The summed E-state index contributed by atoms with van der Waals surface area (Å²) in [5.41, 5.74) is 2.76. The maximum Gasteiger partial charge on any atom is 0.191 e.